The number of hydrogen-bond acceptors (Lipinski definition) is 3. The molecule has 3 nitrogen and oxygen atoms in total. The van der Waals surface area contributed by atoms with Crippen LogP contribution in [0, 0.1) is 5.92 Å². The van der Waals surface area contributed by atoms with Crippen LogP contribution < -0.4 is 4.74 Å². The first kappa shape index (κ1) is 14.3. The van der Waals surface area contributed by atoms with E-state index in [1.54, 1.807) is 24.3 Å². The van der Waals surface area contributed by atoms with E-state index in [1.165, 1.54) is 31.4 Å². The Morgan fingerprint density at radius 2 is 1.95 bits per heavy atom. The highest BCUT2D eigenvalue weighted by Gasteiger charge is 2.14. The third-order valence-corrected chi connectivity index (χ3v) is 4.59. The van der Waals surface area contributed by atoms with Crippen LogP contribution in [0.25, 0.3) is 0 Å². The van der Waals surface area contributed by atoms with Gasteiger partial charge in [0.05, 0.1) is 12.2 Å². The number of aromatic carboxylic acids is 1. The van der Waals surface area contributed by atoms with Crippen molar-refractivity contribution in [2.45, 2.75) is 25.7 Å². The van der Waals surface area contributed by atoms with Crippen LogP contribution in [0.4, 0.5) is 0 Å². The van der Waals surface area contributed by atoms with E-state index >= 15 is 0 Å². The lowest BCUT2D eigenvalue weighted by Crippen LogP contribution is -2.04. The van der Waals surface area contributed by atoms with Gasteiger partial charge in [-0.15, -0.1) is 0 Å². The minimum atomic E-state index is -0.904. The second-order valence-corrected chi connectivity index (χ2v) is 6.05. The summed E-state index contributed by atoms with van der Waals surface area (Å²) in [5.41, 5.74) is 0.294. The topological polar surface area (TPSA) is 46.5 Å². The van der Waals surface area contributed by atoms with Crippen molar-refractivity contribution in [3.63, 3.8) is 0 Å². The summed E-state index contributed by atoms with van der Waals surface area (Å²) in [6.45, 7) is 0.684. The van der Waals surface area contributed by atoms with E-state index in [0.717, 1.165) is 17.4 Å². The van der Waals surface area contributed by atoms with Crippen LogP contribution in [-0.2, 0) is 0 Å². The molecule has 0 unspecified atom stereocenters. The Balaban J connectivity index is 1.61. The monoisotopic (exact) mass is 280 g/mol. The summed E-state index contributed by atoms with van der Waals surface area (Å²) in [5.74, 6) is 3.00. The van der Waals surface area contributed by atoms with E-state index in [9.17, 15) is 4.79 Å². The Bertz CT molecular complexity index is 396. The molecule has 1 aliphatic rings. The minimum absolute atomic E-state index is 0.294. The van der Waals surface area contributed by atoms with Crippen molar-refractivity contribution in [1.29, 1.82) is 0 Å². The van der Waals surface area contributed by atoms with E-state index in [1.807, 2.05) is 11.8 Å². The summed E-state index contributed by atoms with van der Waals surface area (Å²) in [5, 5.41) is 8.78. The fourth-order valence-electron chi connectivity index (χ4n) is 2.34. The first-order valence-electron chi connectivity index (χ1n) is 6.79. The van der Waals surface area contributed by atoms with Crippen LogP contribution in [0.2, 0.25) is 0 Å². The Morgan fingerprint density at radius 3 is 2.58 bits per heavy atom. The Morgan fingerprint density at radius 1 is 1.26 bits per heavy atom. The second-order valence-electron chi connectivity index (χ2n) is 4.90. The molecule has 0 aromatic heterocycles. The van der Waals surface area contributed by atoms with Crippen molar-refractivity contribution in [2.75, 3.05) is 18.1 Å². The molecule has 1 fully saturated rings. The summed E-state index contributed by atoms with van der Waals surface area (Å²) < 4.78 is 5.59. The van der Waals surface area contributed by atoms with Crippen LogP contribution in [0.15, 0.2) is 24.3 Å². The van der Waals surface area contributed by atoms with E-state index < -0.39 is 5.97 Å². The van der Waals surface area contributed by atoms with Gasteiger partial charge in [-0.2, -0.15) is 11.8 Å². The highest BCUT2D eigenvalue weighted by molar-refractivity contribution is 7.99. The Labute approximate surface area is 118 Å². The smallest absolute Gasteiger partial charge is 0.335 e. The lowest BCUT2D eigenvalue weighted by atomic mass is 10.1. The van der Waals surface area contributed by atoms with Gasteiger partial charge in [0.25, 0.3) is 0 Å². The molecule has 4 heteroatoms. The molecule has 2 rings (SSSR count). The second kappa shape index (κ2) is 7.43. The maximum Gasteiger partial charge on any atom is 0.335 e. The molecule has 0 heterocycles. The number of thioether (sulfide) groups is 1. The lowest BCUT2D eigenvalue weighted by molar-refractivity contribution is 0.0697. The Kier molecular flexibility index (Phi) is 5.58. The highest BCUT2D eigenvalue weighted by Crippen LogP contribution is 2.27. The molecule has 0 radical (unpaired) electrons. The van der Waals surface area contributed by atoms with Crippen molar-refractivity contribution in [1.82, 2.24) is 0 Å². The average Bonchev–Trinajstić information content (AvgIpc) is 2.92. The fourth-order valence-corrected chi connectivity index (χ4v) is 3.37. The van der Waals surface area contributed by atoms with E-state index in [2.05, 4.69) is 0 Å². The van der Waals surface area contributed by atoms with Crippen LogP contribution in [-0.4, -0.2) is 29.2 Å². The van der Waals surface area contributed by atoms with E-state index in [-0.39, 0.29) is 0 Å². The summed E-state index contributed by atoms with van der Waals surface area (Å²) >= 11 is 1.96. The maximum absolute atomic E-state index is 10.7. The number of carbonyl (C=O) groups is 1. The van der Waals surface area contributed by atoms with Gasteiger partial charge in [-0.25, -0.2) is 4.79 Å². The molecule has 1 aliphatic carbocycles. The molecule has 0 bridgehead atoms. The average molecular weight is 280 g/mol. The minimum Gasteiger partial charge on any atom is -0.493 e. The number of benzene rings is 1. The molecule has 0 aliphatic heterocycles. The maximum atomic E-state index is 10.7. The largest absolute Gasteiger partial charge is 0.493 e. The number of ether oxygens (including phenoxy) is 1. The van der Waals surface area contributed by atoms with Gasteiger partial charge in [-0.1, -0.05) is 12.8 Å². The molecule has 0 atom stereocenters. The predicted molar refractivity (Wildman–Crippen MR) is 78.2 cm³/mol. The van der Waals surface area contributed by atoms with Crippen molar-refractivity contribution < 1.29 is 14.6 Å². The van der Waals surface area contributed by atoms with Crippen LogP contribution >= 0.6 is 11.8 Å². The number of carboxylic acids is 1. The molecule has 1 N–H and O–H groups in total. The van der Waals surface area contributed by atoms with E-state index in [0.29, 0.717) is 12.2 Å². The van der Waals surface area contributed by atoms with Gasteiger partial charge in [0, 0.05) is 5.75 Å². The molecule has 1 aromatic rings. The van der Waals surface area contributed by atoms with Gasteiger partial charge < -0.3 is 9.84 Å². The predicted octanol–water partition coefficient (Wildman–Crippen LogP) is 3.69. The van der Waals surface area contributed by atoms with Crippen LogP contribution in [0.5, 0.6) is 5.75 Å². The molecule has 1 aromatic carbocycles. The van der Waals surface area contributed by atoms with Crippen LogP contribution in [0.3, 0.4) is 0 Å². The summed E-state index contributed by atoms with van der Waals surface area (Å²) in [4.78, 5) is 10.7. The number of carboxylic acid groups (broad SMARTS) is 1. The zero-order valence-electron chi connectivity index (χ0n) is 11.0. The SMILES string of the molecule is O=C(O)c1ccc(OCCSCC2CCCC2)cc1. The first-order valence-corrected chi connectivity index (χ1v) is 7.95. The normalized spacial score (nSPS) is 15.6. The molecule has 19 heavy (non-hydrogen) atoms. The zero-order chi connectivity index (χ0) is 13.5. The number of rotatable bonds is 7. The molecule has 0 spiro atoms. The zero-order valence-corrected chi connectivity index (χ0v) is 11.8. The third kappa shape index (κ3) is 4.78. The molecule has 0 saturated heterocycles. The van der Waals surface area contributed by atoms with Crippen molar-refractivity contribution in [3.05, 3.63) is 29.8 Å². The molecular weight excluding hydrogens is 260 g/mol. The Hall–Kier alpha value is -1.16. The first-order chi connectivity index (χ1) is 9.25. The van der Waals surface area contributed by atoms with Gasteiger partial charge in [-0.05, 0) is 48.8 Å². The number of hydrogen-bond donors (Lipinski definition) is 1. The van der Waals surface area contributed by atoms with Crippen molar-refractivity contribution in [3.8, 4) is 5.75 Å². The van der Waals surface area contributed by atoms with Gasteiger partial charge in [0.1, 0.15) is 5.75 Å². The van der Waals surface area contributed by atoms with Gasteiger partial charge >= 0.3 is 5.97 Å². The van der Waals surface area contributed by atoms with Gasteiger partial charge in [0.2, 0.25) is 0 Å². The summed E-state index contributed by atoms with van der Waals surface area (Å²) in [6.07, 6.45) is 5.59. The molecule has 1 saturated carbocycles. The van der Waals surface area contributed by atoms with Crippen molar-refractivity contribution >= 4 is 17.7 Å². The van der Waals surface area contributed by atoms with Crippen molar-refractivity contribution in [2.24, 2.45) is 5.92 Å². The fraction of sp³-hybridized carbons (Fsp3) is 0.533. The molecule has 104 valence electrons. The standard InChI is InChI=1S/C15H20O3S/c16-15(17)13-5-7-14(8-6-13)18-9-10-19-11-12-3-1-2-4-12/h5-8,12H,1-4,9-11H2,(H,16,17). The summed E-state index contributed by atoms with van der Waals surface area (Å²) in [6, 6.07) is 6.57. The third-order valence-electron chi connectivity index (χ3n) is 3.43. The van der Waals surface area contributed by atoms with Gasteiger partial charge in [-0.3, -0.25) is 0 Å². The van der Waals surface area contributed by atoms with E-state index in [4.69, 9.17) is 9.84 Å². The highest BCUT2D eigenvalue weighted by atomic mass is 32.2. The molecular formula is C15H20O3S. The summed E-state index contributed by atoms with van der Waals surface area (Å²) in [7, 11) is 0. The van der Waals surface area contributed by atoms with Gasteiger partial charge in [0.15, 0.2) is 0 Å². The quantitative estimate of drug-likeness (QED) is 0.774. The lowest BCUT2D eigenvalue weighted by Gasteiger charge is -2.09. The van der Waals surface area contributed by atoms with Crippen LogP contribution in [0.1, 0.15) is 36.0 Å². The molecule has 0 amide bonds.